The quantitative estimate of drug-likeness (QED) is 0.678. The topological polar surface area (TPSA) is 72.2 Å². The van der Waals surface area contributed by atoms with Crippen molar-refractivity contribution in [3.63, 3.8) is 0 Å². The summed E-state index contributed by atoms with van der Waals surface area (Å²) in [4.78, 5) is 24.6. The minimum atomic E-state index is -0.655. The van der Waals surface area contributed by atoms with Crippen molar-refractivity contribution in [1.82, 2.24) is 5.32 Å². The van der Waals surface area contributed by atoms with Gasteiger partial charge in [-0.25, -0.2) is 8.78 Å². The highest BCUT2D eigenvalue weighted by Crippen LogP contribution is 2.37. The van der Waals surface area contributed by atoms with Crippen LogP contribution in [-0.2, 0) is 9.59 Å². The number of carbonyl (C=O) groups is 2. The van der Waals surface area contributed by atoms with E-state index in [1.165, 1.54) is 12.1 Å². The Bertz CT molecular complexity index is 699. The van der Waals surface area contributed by atoms with E-state index in [4.69, 9.17) is 5.73 Å². The van der Waals surface area contributed by atoms with Crippen LogP contribution in [0.3, 0.4) is 0 Å². The second kappa shape index (κ2) is 9.62. The van der Waals surface area contributed by atoms with Crippen LogP contribution in [0.25, 0.3) is 0 Å². The van der Waals surface area contributed by atoms with Crippen molar-refractivity contribution in [3.8, 4) is 0 Å². The second-order valence-electron chi connectivity index (χ2n) is 7.50. The van der Waals surface area contributed by atoms with Gasteiger partial charge in [0, 0.05) is 36.1 Å². The minimum absolute atomic E-state index is 0.0605. The van der Waals surface area contributed by atoms with E-state index >= 15 is 0 Å². The number of carbonyl (C=O) groups excluding carboxylic acids is 2. The molecule has 1 aliphatic rings. The highest BCUT2D eigenvalue weighted by atomic mass is 19.1. The predicted molar refractivity (Wildman–Crippen MR) is 101 cm³/mol. The number of hydrogen-bond donors (Lipinski definition) is 2. The molecule has 3 N–H and O–H groups in total. The maximum absolute atomic E-state index is 14.3. The molecule has 0 heterocycles. The fourth-order valence-corrected chi connectivity index (χ4v) is 3.63. The molecule has 148 valence electrons. The summed E-state index contributed by atoms with van der Waals surface area (Å²) < 4.78 is 27.6. The van der Waals surface area contributed by atoms with E-state index in [-0.39, 0.29) is 30.4 Å². The average Bonchev–Trinajstić information content (AvgIpc) is 3.12. The highest BCUT2D eigenvalue weighted by molar-refractivity contribution is 5.86. The fraction of sp³-hybridized carbons (Fsp3) is 0.524. The third-order valence-corrected chi connectivity index (χ3v) is 5.17. The molecule has 4 nitrogen and oxygen atoms in total. The van der Waals surface area contributed by atoms with Crippen molar-refractivity contribution >= 4 is 11.7 Å². The standard InChI is InChI=1S/C21H28F2N2O2/c1-13(11-17(26)9-7-14(2)24)21(27)25-20(15-5-3-4-6-15)18-10-8-16(22)12-19(18)23/h8,10,12-13,15,20H,2-7,9,11,24H2,1H3,(H,25,27)/t13-,20+/m0/s1. The van der Waals surface area contributed by atoms with Gasteiger partial charge in [0.05, 0.1) is 6.04 Å². The van der Waals surface area contributed by atoms with Gasteiger partial charge in [-0.2, -0.15) is 0 Å². The number of halogens is 2. The summed E-state index contributed by atoms with van der Waals surface area (Å²) in [5.74, 6) is -2.08. The Morgan fingerprint density at radius 3 is 2.52 bits per heavy atom. The van der Waals surface area contributed by atoms with Crippen LogP contribution in [0.2, 0.25) is 0 Å². The number of nitrogens with one attached hydrogen (secondary N) is 1. The molecule has 0 saturated heterocycles. The maximum Gasteiger partial charge on any atom is 0.223 e. The van der Waals surface area contributed by atoms with Gasteiger partial charge < -0.3 is 11.1 Å². The molecule has 0 unspecified atom stereocenters. The molecule has 0 bridgehead atoms. The molecule has 27 heavy (non-hydrogen) atoms. The zero-order valence-electron chi connectivity index (χ0n) is 15.8. The third kappa shape index (κ3) is 6.15. The Morgan fingerprint density at radius 1 is 1.26 bits per heavy atom. The first-order valence-corrected chi connectivity index (χ1v) is 9.48. The Morgan fingerprint density at radius 2 is 1.93 bits per heavy atom. The highest BCUT2D eigenvalue weighted by Gasteiger charge is 2.31. The summed E-state index contributed by atoms with van der Waals surface area (Å²) in [5, 5.41) is 2.91. The van der Waals surface area contributed by atoms with Crippen molar-refractivity contribution in [3.05, 3.63) is 47.7 Å². The fourth-order valence-electron chi connectivity index (χ4n) is 3.63. The van der Waals surface area contributed by atoms with Crippen LogP contribution in [0.5, 0.6) is 0 Å². The monoisotopic (exact) mass is 378 g/mol. The summed E-state index contributed by atoms with van der Waals surface area (Å²) in [7, 11) is 0. The molecule has 6 heteroatoms. The molecule has 1 aromatic rings. The first-order chi connectivity index (χ1) is 12.8. The zero-order chi connectivity index (χ0) is 20.0. The van der Waals surface area contributed by atoms with Crippen LogP contribution in [0, 0.1) is 23.5 Å². The van der Waals surface area contributed by atoms with E-state index in [1.807, 2.05) is 0 Å². The predicted octanol–water partition coefficient (Wildman–Crippen LogP) is 4.16. The lowest BCUT2D eigenvalue weighted by Gasteiger charge is -2.27. The van der Waals surface area contributed by atoms with Crippen molar-refractivity contribution in [1.29, 1.82) is 0 Å². The lowest BCUT2D eigenvalue weighted by molar-refractivity contribution is -0.129. The molecule has 1 amide bonds. The Balaban J connectivity index is 2.06. The summed E-state index contributed by atoms with van der Waals surface area (Å²) in [6, 6.07) is 2.94. The van der Waals surface area contributed by atoms with E-state index in [0.29, 0.717) is 17.7 Å². The Hall–Kier alpha value is -2.24. The lowest BCUT2D eigenvalue weighted by Crippen LogP contribution is -2.37. The molecule has 2 rings (SSSR count). The first-order valence-electron chi connectivity index (χ1n) is 9.48. The van der Waals surface area contributed by atoms with Crippen LogP contribution in [0.15, 0.2) is 30.5 Å². The molecule has 1 saturated carbocycles. The van der Waals surface area contributed by atoms with E-state index in [1.54, 1.807) is 6.92 Å². The summed E-state index contributed by atoms with van der Waals surface area (Å²) in [6.45, 7) is 5.23. The second-order valence-corrected chi connectivity index (χ2v) is 7.50. The molecule has 1 fully saturated rings. The summed E-state index contributed by atoms with van der Waals surface area (Å²) in [5.41, 5.74) is 6.21. The molecule has 1 aliphatic carbocycles. The number of rotatable bonds is 9. The molecule has 1 aromatic carbocycles. The van der Waals surface area contributed by atoms with Gasteiger partial charge in [0.2, 0.25) is 5.91 Å². The van der Waals surface area contributed by atoms with Crippen LogP contribution in [0.1, 0.15) is 63.5 Å². The lowest BCUT2D eigenvalue weighted by atomic mass is 9.90. The largest absolute Gasteiger partial charge is 0.403 e. The average molecular weight is 378 g/mol. The van der Waals surface area contributed by atoms with E-state index in [0.717, 1.165) is 31.7 Å². The maximum atomic E-state index is 14.3. The first kappa shape index (κ1) is 21.1. The van der Waals surface area contributed by atoms with E-state index in [2.05, 4.69) is 11.9 Å². The number of ketones is 1. The van der Waals surface area contributed by atoms with Crippen molar-refractivity contribution in [2.45, 2.75) is 57.9 Å². The Kier molecular flexibility index (Phi) is 7.51. The number of Topliss-reactive ketones (excluding diaryl/α,β-unsaturated/α-hetero) is 1. The minimum Gasteiger partial charge on any atom is -0.403 e. The number of nitrogens with two attached hydrogens (primary N) is 1. The number of amides is 1. The molecule has 0 spiro atoms. The van der Waals surface area contributed by atoms with Crippen molar-refractivity contribution < 1.29 is 18.4 Å². The summed E-state index contributed by atoms with van der Waals surface area (Å²) in [6.07, 6.45) is 4.57. The molecular weight excluding hydrogens is 350 g/mol. The zero-order valence-corrected chi connectivity index (χ0v) is 15.8. The van der Waals surface area contributed by atoms with Gasteiger partial charge in [-0.3, -0.25) is 9.59 Å². The van der Waals surface area contributed by atoms with Gasteiger partial charge in [0.25, 0.3) is 0 Å². The third-order valence-electron chi connectivity index (χ3n) is 5.17. The molecule has 0 radical (unpaired) electrons. The number of hydrogen-bond acceptors (Lipinski definition) is 3. The van der Waals surface area contributed by atoms with Crippen LogP contribution < -0.4 is 11.1 Å². The van der Waals surface area contributed by atoms with E-state index < -0.39 is 23.6 Å². The summed E-state index contributed by atoms with van der Waals surface area (Å²) >= 11 is 0. The molecule has 0 aliphatic heterocycles. The molecule has 2 atom stereocenters. The van der Waals surface area contributed by atoms with Gasteiger partial charge in [0.1, 0.15) is 17.4 Å². The van der Waals surface area contributed by atoms with Crippen LogP contribution in [0.4, 0.5) is 8.78 Å². The van der Waals surface area contributed by atoms with Gasteiger partial charge in [-0.05, 0) is 31.2 Å². The number of allylic oxidation sites excluding steroid dienone is 1. The van der Waals surface area contributed by atoms with Gasteiger partial charge >= 0.3 is 0 Å². The van der Waals surface area contributed by atoms with Crippen LogP contribution in [-0.4, -0.2) is 11.7 Å². The normalized spacial score (nSPS) is 16.7. The van der Waals surface area contributed by atoms with Gasteiger partial charge in [-0.15, -0.1) is 0 Å². The van der Waals surface area contributed by atoms with Crippen LogP contribution >= 0.6 is 0 Å². The molecule has 0 aromatic heterocycles. The Labute approximate surface area is 159 Å². The molecular formula is C21H28F2N2O2. The van der Waals surface area contributed by atoms with E-state index in [9.17, 15) is 18.4 Å². The smallest absolute Gasteiger partial charge is 0.223 e. The van der Waals surface area contributed by atoms with Crippen molar-refractivity contribution in [2.24, 2.45) is 17.6 Å². The van der Waals surface area contributed by atoms with Crippen molar-refractivity contribution in [2.75, 3.05) is 0 Å². The van der Waals surface area contributed by atoms with Gasteiger partial charge in [-0.1, -0.05) is 32.4 Å². The number of benzene rings is 1. The SMILES string of the molecule is C=C(N)CCC(=O)C[C@H](C)C(=O)N[C@@H](c1ccc(F)cc1F)C1CCCC1. The van der Waals surface area contributed by atoms with Gasteiger partial charge in [0.15, 0.2) is 0 Å².